The molecule has 0 aliphatic carbocycles. The molecule has 138 valence electrons. The van der Waals surface area contributed by atoms with Crippen LogP contribution in [0.25, 0.3) is 11.5 Å². The van der Waals surface area contributed by atoms with Crippen LogP contribution in [0, 0.1) is 0 Å². The molecule has 3 aromatic rings. The van der Waals surface area contributed by atoms with Gasteiger partial charge in [-0.25, -0.2) is 0 Å². The molecular formula is C20H18ClN3O3. The summed E-state index contributed by atoms with van der Waals surface area (Å²) >= 11 is 6.02. The fourth-order valence-electron chi connectivity index (χ4n) is 3.21. The van der Waals surface area contributed by atoms with Crippen LogP contribution in [0.5, 0.6) is 5.75 Å². The maximum Gasteiger partial charge on any atom is 0.257 e. The van der Waals surface area contributed by atoms with Crippen LogP contribution >= 0.6 is 11.6 Å². The summed E-state index contributed by atoms with van der Waals surface area (Å²) < 4.78 is 11.0. The van der Waals surface area contributed by atoms with Crippen LogP contribution in [-0.4, -0.2) is 29.2 Å². The molecule has 2 heterocycles. The van der Waals surface area contributed by atoms with E-state index in [4.69, 9.17) is 20.9 Å². The van der Waals surface area contributed by atoms with E-state index in [1.807, 2.05) is 43.3 Å². The zero-order chi connectivity index (χ0) is 18.8. The van der Waals surface area contributed by atoms with Gasteiger partial charge in [-0.2, -0.15) is 4.98 Å². The van der Waals surface area contributed by atoms with E-state index in [0.29, 0.717) is 42.1 Å². The third kappa shape index (κ3) is 3.53. The summed E-state index contributed by atoms with van der Waals surface area (Å²) in [6.45, 7) is 2.94. The van der Waals surface area contributed by atoms with Gasteiger partial charge in [-0.3, -0.25) is 4.79 Å². The molecule has 1 aliphatic rings. The van der Waals surface area contributed by atoms with Crippen LogP contribution < -0.4 is 9.64 Å². The first kappa shape index (κ1) is 17.5. The van der Waals surface area contributed by atoms with Crippen LogP contribution in [0.2, 0.25) is 5.02 Å². The van der Waals surface area contributed by atoms with Crippen molar-refractivity contribution in [2.45, 2.75) is 19.3 Å². The number of carbonyl (C=O) groups is 1. The summed E-state index contributed by atoms with van der Waals surface area (Å²) in [4.78, 5) is 18.8. The van der Waals surface area contributed by atoms with E-state index in [0.717, 1.165) is 11.3 Å². The van der Waals surface area contributed by atoms with Gasteiger partial charge in [0.05, 0.1) is 12.3 Å². The minimum Gasteiger partial charge on any atom is -0.492 e. The topological polar surface area (TPSA) is 68.5 Å². The molecule has 0 saturated carbocycles. The van der Waals surface area contributed by atoms with Crippen LogP contribution in [0.4, 0.5) is 5.69 Å². The molecule has 4 rings (SSSR count). The summed E-state index contributed by atoms with van der Waals surface area (Å²) in [6, 6.07) is 14.8. The van der Waals surface area contributed by atoms with Gasteiger partial charge in [0.2, 0.25) is 5.91 Å². The standard InChI is InChI=1S/C20H18ClN3O3/c1-2-26-17-9-4-3-8-16(17)24-12-14(11-18(24)25)19-22-20(27-23-19)13-6-5-7-15(21)10-13/h3-10,14H,2,11-12H2,1H3. The third-order valence-electron chi connectivity index (χ3n) is 4.46. The lowest BCUT2D eigenvalue weighted by Gasteiger charge is -2.19. The zero-order valence-corrected chi connectivity index (χ0v) is 15.5. The SMILES string of the molecule is CCOc1ccccc1N1CC(c2noc(-c3cccc(Cl)c3)n2)CC1=O. The molecule has 2 aromatic carbocycles. The average molecular weight is 384 g/mol. The van der Waals surface area contributed by atoms with E-state index in [2.05, 4.69) is 10.1 Å². The molecule has 1 atom stereocenters. The highest BCUT2D eigenvalue weighted by Gasteiger charge is 2.35. The number of ether oxygens (including phenoxy) is 1. The van der Waals surface area contributed by atoms with E-state index in [-0.39, 0.29) is 11.8 Å². The first-order valence-electron chi connectivity index (χ1n) is 8.77. The summed E-state index contributed by atoms with van der Waals surface area (Å²) in [5, 5.41) is 4.69. The second-order valence-corrected chi connectivity index (χ2v) is 6.71. The van der Waals surface area contributed by atoms with Gasteiger partial charge >= 0.3 is 0 Å². The Labute approximate surface area is 161 Å². The van der Waals surface area contributed by atoms with Gasteiger partial charge in [0.25, 0.3) is 5.89 Å². The van der Waals surface area contributed by atoms with Crippen molar-refractivity contribution in [3.05, 3.63) is 59.4 Å². The highest BCUT2D eigenvalue weighted by Crippen LogP contribution is 2.36. The monoisotopic (exact) mass is 383 g/mol. The summed E-state index contributed by atoms with van der Waals surface area (Å²) in [5.74, 6) is 1.50. The lowest BCUT2D eigenvalue weighted by atomic mass is 10.1. The van der Waals surface area contributed by atoms with E-state index in [1.54, 1.807) is 17.0 Å². The van der Waals surface area contributed by atoms with Crippen LogP contribution in [-0.2, 0) is 4.79 Å². The van der Waals surface area contributed by atoms with Crippen LogP contribution in [0.15, 0.2) is 53.1 Å². The fourth-order valence-corrected chi connectivity index (χ4v) is 3.40. The van der Waals surface area contributed by atoms with Crippen molar-refractivity contribution in [3.8, 4) is 17.2 Å². The molecule has 1 aromatic heterocycles. The van der Waals surface area contributed by atoms with Gasteiger partial charge in [0.1, 0.15) is 5.75 Å². The molecule has 1 saturated heterocycles. The molecule has 0 bridgehead atoms. The molecule has 7 heteroatoms. The normalized spacial score (nSPS) is 16.7. The first-order chi connectivity index (χ1) is 13.2. The number of amides is 1. The summed E-state index contributed by atoms with van der Waals surface area (Å²) in [7, 11) is 0. The number of hydrogen-bond donors (Lipinski definition) is 0. The highest BCUT2D eigenvalue weighted by atomic mass is 35.5. The predicted molar refractivity (Wildman–Crippen MR) is 102 cm³/mol. The number of anilines is 1. The van der Waals surface area contributed by atoms with Gasteiger partial charge in [-0.05, 0) is 37.3 Å². The molecule has 1 unspecified atom stereocenters. The Kier molecular flexibility index (Phi) is 4.81. The minimum absolute atomic E-state index is 0.0151. The number of carbonyl (C=O) groups excluding carboxylic acids is 1. The van der Waals surface area contributed by atoms with Crippen molar-refractivity contribution in [1.29, 1.82) is 0 Å². The second kappa shape index (κ2) is 7.40. The average Bonchev–Trinajstić information content (AvgIpc) is 3.29. The number of nitrogens with zero attached hydrogens (tertiary/aromatic N) is 3. The number of rotatable bonds is 5. The molecule has 27 heavy (non-hydrogen) atoms. The van der Waals surface area contributed by atoms with Gasteiger partial charge in [-0.1, -0.05) is 35.0 Å². The quantitative estimate of drug-likeness (QED) is 0.656. The predicted octanol–water partition coefficient (Wildman–Crippen LogP) is 4.31. The van der Waals surface area contributed by atoms with Crippen molar-refractivity contribution in [1.82, 2.24) is 10.1 Å². The fraction of sp³-hybridized carbons (Fsp3) is 0.250. The van der Waals surface area contributed by atoms with Gasteiger partial charge < -0.3 is 14.2 Å². The molecule has 0 radical (unpaired) electrons. The first-order valence-corrected chi connectivity index (χ1v) is 9.15. The van der Waals surface area contributed by atoms with Crippen LogP contribution in [0.1, 0.15) is 25.1 Å². The Morgan fingerprint density at radius 1 is 1.26 bits per heavy atom. The van der Waals surface area contributed by atoms with Crippen molar-refractivity contribution < 1.29 is 14.1 Å². The lowest BCUT2D eigenvalue weighted by molar-refractivity contribution is -0.117. The minimum atomic E-state index is -0.135. The molecular weight excluding hydrogens is 366 g/mol. The largest absolute Gasteiger partial charge is 0.492 e. The molecule has 0 N–H and O–H groups in total. The van der Waals surface area contributed by atoms with Gasteiger partial charge in [-0.15, -0.1) is 0 Å². The molecule has 1 aliphatic heterocycles. The maximum atomic E-state index is 12.6. The Balaban J connectivity index is 1.57. The van der Waals surface area contributed by atoms with Crippen molar-refractivity contribution in [2.24, 2.45) is 0 Å². The lowest BCUT2D eigenvalue weighted by Crippen LogP contribution is -2.25. The summed E-state index contributed by atoms with van der Waals surface area (Å²) in [6.07, 6.45) is 0.328. The van der Waals surface area contributed by atoms with Crippen molar-refractivity contribution >= 4 is 23.2 Å². The highest BCUT2D eigenvalue weighted by molar-refractivity contribution is 6.30. The van der Waals surface area contributed by atoms with E-state index < -0.39 is 0 Å². The smallest absolute Gasteiger partial charge is 0.257 e. The zero-order valence-electron chi connectivity index (χ0n) is 14.8. The molecule has 0 spiro atoms. The van der Waals surface area contributed by atoms with Gasteiger partial charge in [0, 0.05) is 29.5 Å². The van der Waals surface area contributed by atoms with E-state index in [9.17, 15) is 4.79 Å². The van der Waals surface area contributed by atoms with Gasteiger partial charge in [0.15, 0.2) is 5.82 Å². The van der Waals surface area contributed by atoms with E-state index >= 15 is 0 Å². The number of para-hydroxylation sites is 2. The molecule has 6 nitrogen and oxygen atoms in total. The maximum absolute atomic E-state index is 12.6. The number of benzene rings is 2. The van der Waals surface area contributed by atoms with Crippen molar-refractivity contribution in [3.63, 3.8) is 0 Å². The Bertz CT molecular complexity index is 972. The van der Waals surface area contributed by atoms with Crippen molar-refractivity contribution in [2.75, 3.05) is 18.1 Å². The van der Waals surface area contributed by atoms with Crippen LogP contribution in [0.3, 0.4) is 0 Å². The third-order valence-corrected chi connectivity index (χ3v) is 4.69. The summed E-state index contributed by atoms with van der Waals surface area (Å²) in [5.41, 5.74) is 1.52. The van der Waals surface area contributed by atoms with E-state index in [1.165, 1.54) is 0 Å². The Hall–Kier alpha value is -2.86. The number of halogens is 1. The Morgan fingerprint density at radius 2 is 2.11 bits per heavy atom. The number of aromatic nitrogens is 2. The molecule has 1 fully saturated rings. The Morgan fingerprint density at radius 3 is 2.93 bits per heavy atom. The number of hydrogen-bond acceptors (Lipinski definition) is 5. The molecule has 1 amide bonds. The second-order valence-electron chi connectivity index (χ2n) is 6.27.